The number of piperidine rings is 1. The van der Waals surface area contributed by atoms with E-state index in [4.69, 9.17) is 4.74 Å². The Morgan fingerprint density at radius 1 is 1.32 bits per heavy atom. The predicted molar refractivity (Wildman–Crippen MR) is 96.1 cm³/mol. The molecule has 1 N–H and O–H groups in total. The first-order chi connectivity index (χ1) is 12.1. The highest BCUT2D eigenvalue weighted by atomic mass is 16.5. The summed E-state index contributed by atoms with van der Waals surface area (Å²) in [6, 6.07) is 10.0. The van der Waals surface area contributed by atoms with Crippen LogP contribution in [0.4, 0.5) is 0 Å². The highest BCUT2D eigenvalue weighted by Crippen LogP contribution is 2.47. The molecule has 2 atom stereocenters. The number of carbonyl (C=O) groups is 2. The largest absolute Gasteiger partial charge is 0.383 e. The zero-order valence-electron chi connectivity index (χ0n) is 15.0. The molecule has 5 nitrogen and oxygen atoms in total. The summed E-state index contributed by atoms with van der Waals surface area (Å²) in [4.78, 5) is 26.7. The van der Waals surface area contributed by atoms with Crippen molar-refractivity contribution < 1.29 is 14.3 Å². The van der Waals surface area contributed by atoms with E-state index < -0.39 is 0 Å². The number of amides is 2. The minimum atomic E-state index is 0.0357. The highest BCUT2D eigenvalue weighted by Gasteiger charge is 2.50. The van der Waals surface area contributed by atoms with E-state index in [0.717, 1.165) is 31.2 Å². The van der Waals surface area contributed by atoms with Crippen LogP contribution in [0.15, 0.2) is 30.3 Å². The molecule has 1 aliphatic carbocycles. The molecule has 0 bridgehead atoms. The van der Waals surface area contributed by atoms with Gasteiger partial charge in [0.2, 0.25) is 11.8 Å². The standard InChI is InChI=1S/C20H28N2O3/c1-25-13-12-22-17-8-5-10-20(17,11-9-19(22)24)15-21-18(23)14-16-6-3-2-4-7-16/h2-4,6-7,17H,5,8-15H2,1H3,(H,21,23)/t17-,20+/m1/s1. The van der Waals surface area contributed by atoms with Gasteiger partial charge in [-0.3, -0.25) is 9.59 Å². The number of hydrogen-bond donors (Lipinski definition) is 1. The lowest BCUT2D eigenvalue weighted by Gasteiger charge is -2.46. The Morgan fingerprint density at radius 2 is 2.12 bits per heavy atom. The van der Waals surface area contributed by atoms with Gasteiger partial charge in [0.15, 0.2) is 0 Å². The number of rotatable bonds is 7. The van der Waals surface area contributed by atoms with E-state index in [1.54, 1.807) is 7.11 Å². The predicted octanol–water partition coefficient (Wildman–Crippen LogP) is 2.15. The van der Waals surface area contributed by atoms with E-state index in [2.05, 4.69) is 5.32 Å². The molecule has 2 amide bonds. The van der Waals surface area contributed by atoms with Crippen molar-refractivity contribution in [2.75, 3.05) is 26.8 Å². The molecule has 25 heavy (non-hydrogen) atoms. The lowest BCUT2D eigenvalue weighted by molar-refractivity contribution is -0.142. The minimum absolute atomic E-state index is 0.0357. The van der Waals surface area contributed by atoms with E-state index in [-0.39, 0.29) is 23.3 Å². The number of ether oxygens (including phenoxy) is 1. The number of benzene rings is 1. The lowest BCUT2D eigenvalue weighted by Crippen LogP contribution is -2.56. The summed E-state index contributed by atoms with van der Waals surface area (Å²) in [6.07, 6.45) is 5.11. The van der Waals surface area contributed by atoms with Gasteiger partial charge >= 0.3 is 0 Å². The second-order valence-electron chi connectivity index (χ2n) is 7.29. The van der Waals surface area contributed by atoms with Gasteiger partial charge in [0.25, 0.3) is 0 Å². The molecule has 1 heterocycles. The molecule has 1 aliphatic heterocycles. The fraction of sp³-hybridized carbons (Fsp3) is 0.600. The van der Waals surface area contributed by atoms with Gasteiger partial charge in [-0.05, 0) is 24.8 Å². The Hall–Kier alpha value is -1.88. The highest BCUT2D eigenvalue weighted by molar-refractivity contribution is 5.79. The third kappa shape index (κ3) is 4.03. The second kappa shape index (κ2) is 8.00. The maximum atomic E-state index is 12.3. The average Bonchev–Trinajstić information content (AvgIpc) is 3.05. The Bertz CT molecular complexity index is 604. The van der Waals surface area contributed by atoms with Gasteiger partial charge in [-0.2, -0.15) is 0 Å². The summed E-state index contributed by atoms with van der Waals surface area (Å²) in [5.74, 6) is 0.293. The van der Waals surface area contributed by atoms with Crippen LogP contribution in [0.5, 0.6) is 0 Å². The fourth-order valence-corrected chi connectivity index (χ4v) is 4.45. The smallest absolute Gasteiger partial charge is 0.224 e. The van der Waals surface area contributed by atoms with Crippen LogP contribution in [0.25, 0.3) is 0 Å². The molecule has 1 saturated heterocycles. The number of nitrogens with zero attached hydrogens (tertiary/aromatic N) is 1. The Morgan fingerprint density at radius 3 is 2.88 bits per heavy atom. The van der Waals surface area contributed by atoms with Gasteiger partial charge in [-0.15, -0.1) is 0 Å². The number of likely N-dealkylation sites (tertiary alicyclic amines) is 1. The zero-order chi connectivity index (χ0) is 17.7. The molecule has 3 rings (SSSR count). The summed E-state index contributed by atoms with van der Waals surface area (Å²) in [6.45, 7) is 1.89. The van der Waals surface area contributed by atoms with Crippen LogP contribution in [0.2, 0.25) is 0 Å². The van der Waals surface area contributed by atoms with Gasteiger partial charge in [-0.1, -0.05) is 36.8 Å². The Kier molecular flexibility index (Phi) is 5.74. The quantitative estimate of drug-likeness (QED) is 0.824. The lowest BCUT2D eigenvalue weighted by atomic mass is 9.74. The van der Waals surface area contributed by atoms with E-state index in [1.165, 1.54) is 0 Å². The van der Waals surface area contributed by atoms with Crippen molar-refractivity contribution in [3.05, 3.63) is 35.9 Å². The third-order valence-corrected chi connectivity index (χ3v) is 5.77. The molecule has 2 aliphatic rings. The molecule has 1 saturated carbocycles. The molecule has 0 aromatic heterocycles. The van der Waals surface area contributed by atoms with Crippen molar-refractivity contribution in [3.63, 3.8) is 0 Å². The van der Waals surface area contributed by atoms with E-state index >= 15 is 0 Å². The molecule has 0 radical (unpaired) electrons. The summed E-state index contributed by atoms with van der Waals surface area (Å²) < 4.78 is 5.18. The van der Waals surface area contributed by atoms with Gasteiger partial charge in [0.1, 0.15) is 0 Å². The Labute approximate surface area is 149 Å². The fourth-order valence-electron chi connectivity index (χ4n) is 4.45. The van der Waals surface area contributed by atoms with Gasteiger partial charge in [-0.25, -0.2) is 0 Å². The molecule has 0 spiro atoms. The Balaban J connectivity index is 1.61. The number of nitrogens with one attached hydrogen (secondary N) is 1. The average molecular weight is 344 g/mol. The first-order valence-corrected chi connectivity index (χ1v) is 9.24. The summed E-state index contributed by atoms with van der Waals surface area (Å²) in [5.41, 5.74) is 1.06. The van der Waals surface area contributed by atoms with Gasteiger partial charge in [0, 0.05) is 38.1 Å². The van der Waals surface area contributed by atoms with Crippen molar-refractivity contribution in [2.45, 2.75) is 44.6 Å². The van der Waals surface area contributed by atoms with Crippen LogP contribution in [0.1, 0.15) is 37.7 Å². The topological polar surface area (TPSA) is 58.6 Å². The number of carbonyl (C=O) groups excluding carboxylic acids is 2. The maximum absolute atomic E-state index is 12.3. The van der Waals surface area contributed by atoms with Crippen LogP contribution in [-0.4, -0.2) is 49.6 Å². The van der Waals surface area contributed by atoms with E-state index in [1.807, 2.05) is 35.2 Å². The SMILES string of the molecule is COCCN1C(=O)CC[C@]2(CNC(=O)Cc3ccccc3)CCC[C@@H]12. The van der Waals surface area contributed by atoms with Crippen LogP contribution >= 0.6 is 0 Å². The van der Waals surface area contributed by atoms with Gasteiger partial charge in [0.05, 0.1) is 13.0 Å². The van der Waals surface area contributed by atoms with Crippen LogP contribution in [0, 0.1) is 5.41 Å². The molecule has 1 aromatic carbocycles. The molecule has 136 valence electrons. The van der Waals surface area contributed by atoms with Crippen molar-refractivity contribution in [1.29, 1.82) is 0 Å². The third-order valence-electron chi connectivity index (χ3n) is 5.77. The molecule has 1 aromatic rings. The zero-order valence-corrected chi connectivity index (χ0v) is 15.0. The molecular formula is C20H28N2O3. The first kappa shape index (κ1) is 17.9. The maximum Gasteiger partial charge on any atom is 0.224 e. The molecule has 2 fully saturated rings. The molecule has 5 heteroatoms. The summed E-state index contributed by atoms with van der Waals surface area (Å²) >= 11 is 0. The van der Waals surface area contributed by atoms with Gasteiger partial charge < -0.3 is 15.0 Å². The van der Waals surface area contributed by atoms with Crippen LogP contribution in [0.3, 0.4) is 0 Å². The van der Waals surface area contributed by atoms with Crippen LogP contribution in [-0.2, 0) is 20.7 Å². The monoisotopic (exact) mass is 344 g/mol. The normalized spacial score (nSPS) is 25.7. The first-order valence-electron chi connectivity index (χ1n) is 9.24. The van der Waals surface area contributed by atoms with Crippen molar-refractivity contribution in [2.24, 2.45) is 5.41 Å². The number of methoxy groups -OCH3 is 1. The van der Waals surface area contributed by atoms with Crippen molar-refractivity contribution in [3.8, 4) is 0 Å². The molecular weight excluding hydrogens is 316 g/mol. The van der Waals surface area contributed by atoms with Crippen LogP contribution < -0.4 is 5.32 Å². The number of fused-ring (bicyclic) bond motifs is 1. The second-order valence-corrected chi connectivity index (χ2v) is 7.29. The minimum Gasteiger partial charge on any atom is -0.383 e. The van der Waals surface area contributed by atoms with Crippen molar-refractivity contribution >= 4 is 11.8 Å². The van der Waals surface area contributed by atoms with E-state index in [9.17, 15) is 9.59 Å². The summed E-state index contributed by atoms with van der Waals surface area (Å²) in [7, 11) is 1.67. The van der Waals surface area contributed by atoms with E-state index in [0.29, 0.717) is 32.5 Å². The summed E-state index contributed by atoms with van der Waals surface area (Å²) in [5, 5.41) is 3.15. The molecule has 0 unspecified atom stereocenters. The number of hydrogen-bond acceptors (Lipinski definition) is 3. The van der Waals surface area contributed by atoms with Crippen molar-refractivity contribution in [1.82, 2.24) is 10.2 Å².